The maximum Gasteiger partial charge on any atom is 0.406 e. The van der Waals surface area contributed by atoms with Gasteiger partial charge in [0.2, 0.25) is 0 Å². The fraction of sp³-hybridized carbons (Fsp3) is 0.917. The van der Waals surface area contributed by atoms with E-state index in [0.29, 0.717) is 26.2 Å². The first-order chi connectivity index (χ1) is 9.44. The van der Waals surface area contributed by atoms with Gasteiger partial charge in [-0.2, -0.15) is 13.2 Å². The van der Waals surface area contributed by atoms with Gasteiger partial charge in [-0.05, 0) is 13.0 Å². The van der Waals surface area contributed by atoms with Crippen molar-refractivity contribution < 1.29 is 32.2 Å². The minimum Gasteiger partial charge on any atom is -0.465 e. The number of methoxy groups -OCH3 is 1. The van der Waals surface area contributed by atoms with Crippen molar-refractivity contribution in [2.24, 2.45) is 5.41 Å². The van der Waals surface area contributed by atoms with E-state index in [1.807, 2.05) is 0 Å². The first-order valence-electron chi connectivity index (χ1n) is 6.45. The van der Waals surface area contributed by atoms with Gasteiger partial charge in [0, 0.05) is 26.7 Å². The van der Waals surface area contributed by atoms with Gasteiger partial charge >= 0.3 is 12.1 Å². The maximum absolute atomic E-state index is 13.0. The summed E-state index contributed by atoms with van der Waals surface area (Å²) < 4.78 is 53.6. The Kier molecular flexibility index (Phi) is 6.70. The third-order valence-corrected chi connectivity index (χ3v) is 3.19. The van der Waals surface area contributed by atoms with E-state index in [1.165, 1.54) is 7.11 Å². The van der Waals surface area contributed by atoms with Crippen molar-refractivity contribution in [2.75, 3.05) is 46.6 Å². The molecular weight excluding hydrogens is 279 g/mol. The number of rotatable bonds is 8. The van der Waals surface area contributed by atoms with E-state index in [2.05, 4.69) is 5.32 Å². The van der Waals surface area contributed by atoms with Gasteiger partial charge in [0.15, 0.2) is 5.41 Å². The molecule has 0 aromatic heterocycles. The van der Waals surface area contributed by atoms with Crippen LogP contribution in [0.3, 0.4) is 0 Å². The molecule has 1 fully saturated rings. The Balaban J connectivity index is 2.30. The van der Waals surface area contributed by atoms with E-state index in [1.54, 1.807) is 0 Å². The van der Waals surface area contributed by atoms with Gasteiger partial charge in [0.05, 0.1) is 19.8 Å². The summed E-state index contributed by atoms with van der Waals surface area (Å²) in [6.07, 6.45) is -4.51. The largest absolute Gasteiger partial charge is 0.465 e. The summed E-state index contributed by atoms with van der Waals surface area (Å²) >= 11 is 0. The minimum absolute atomic E-state index is 0.0797. The number of alkyl halides is 3. The van der Waals surface area contributed by atoms with E-state index in [9.17, 15) is 18.0 Å². The van der Waals surface area contributed by atoms with Crippen LogP contribution in [0.25, 0.3) is 0 Å². The number of carbonyl (C=O) groups excluding carboxylic acids is 1. The normalized spacial score (nSPS) is 23.0. The summed E-state index contributed by atoms with van der Waals surface area (Å²) in [7, 11) is 1.54. The molecule has 0 saturated carbocycles. The number of nitrogens with one attached hydrogen (secondary N) is 1. The Morgan fingerprint density at radius 3 is 2.55 bits per heavy atom. The zero-order chi connectivity index (χ0) is 15.1. The second-order valence-corrected chi connectivity index (χ2v) is 4.60. The van der Waals surface area contributed by atoms with Crippen molar-refractivity contribution in [3.05, 3.63) is 0 Å². The average Bonchev–Trinajstić information content (AvgIpc) is 2.87. The van der Waals surface area contributed by atoms with Crippen LogP contribution in [0.15, 0.2) is 0 Å². The molecule has 1 saturated heterocycles. The molecule has 1 heterocycles. The van der Waals surface area contributed by atoms with Crippen LogP contribution >= 0.6 is 0 Å². The molecule has 8 heteroatoms. The van der Waals surface area contributed by atoms with Crippen LogP contribution in [0.2, 0.25) is 0 Å². The highest BCUT2D eigenvalue weighted by Gasteiger charge is 2.62. The smallest absolute Gasteiger partial charge is 0.406 e. The first kappa shape index (κ1) is 17.2. The minimum atomic E-state index is -4.59. The highest BCUT2D eigenvalue weighted by Crippen LogP contribution is 2.43. The van der Waals surface area contributed by atoms with Crippen LogP contribution in [0.1, 0.15) is 12.8 Å². The average molecular weight is 299 g/mol. The first-order valence-corrected chi connectivity index (χ1v) is 6.45. The number of hydrogen-bond donors (Lipinski definition) is 1. The Morgan fingerprint density at radius 2 is 2.00 bits per heavy atom. The number of halogens is 3. The molecule has 5 nitrogen and oxygen atoms in total. The van der Waals surface area contributed by atoms with E-state index in [4.69, 9.17) is 14.2 Å². The van der Waals surface area contributed by atoms with Crippen LogP contribution in [-0.2, 0) is 19.0 Å². The lowest BCUT2D eigenvalue weighted by molar-refractivity contribution is -0.229. The third kappa shape index (κ3) is 4.32. The van der Waals surface area contributed by atoms with Crippen molar-refractivity contribution in [1.82, 2.24) is 5.32 Å². The lowest BCUT2D eigenvalue weighted by Crippen LogP contribution is -2.47. The molecule has 1 rings (SSSR count). The maximum atomic E-state index is 13.0. The van der Waals surface area contributed by atoms with E-state index in [-0.39, 0.29) is 19.6 Å². The van der Waals surface area contributed by atoms with Crippen LogP contribution in [0.5, 0.6) is 0 Å². The van der Waals surface area contributed by atoms with Crippen molar-refractivity contribution in [2.45, 2.75) is 19.0 Å². The standard InChI is InChI=1S/C12H20F3NO4/c1-18-7-8-19-5-2-6-20-10(17)11(12(13,14)15)3-4-16-9-11/h16H,2-9H2,1H3. The molecule has 118 valence electrons. The van der Waals surface area contributed by atoms with Gasteiger partial charge < -0.3 is 19.5 Å². The summed E-state index contributed by atoms with van der Waals surface area (Å²) in [5.74, 6) is -1.20. The van der Waals surface area contributed by atoms with Gasteiger partial charge in [0.1, 0.15) is 0 Å². The fourth-order valence-electron chi connectivity index (χ4n) is 1.93. The summed E-state index contributed by atoms with van der Waals surface area (Å²) in [4.78, 5) is 11.7. The second kappa shape index (κ2) is 7.80. The van der Waals surface area contributed by atoms with Crippen LogP contribution in [0, 0.1) is 5.41 Å². The highest BCUT2D eigenvalue weighted by molar-refractivity contribution is 5.78. The number of hydrogen-bond acceptors (Lipinski definition) is 5. The molecule has 20 heavy (non-hydrogen) atoms. The summed E-state index contributed by atoms with van der Waals surface area (Å²) in [6, 6.07) is 0. The van der Waals surface area contributed by atoms with Crippen LogP contribution < -0.4 is 5.32 Å². The molecule has 1 atom stereocenters. The van der Waals surface area contributed by atoms with Gasteiger partial charge in [0.25, 0.3) is 0 Å². The Bertz CT molecular complexity index is 304. The summed E-state index contributed by atoms with van der Waals surface area (Å²) in [6.45, 7) is 0.829. The van der Waals surface area contributed by atoms with Gasteiger partial charge in [-0.1, -0.05) is 0 Å². The van der Waals surface area contributed by atoms with Gasteiger partial charge in [-0.15, -0.1) is 0 Å². The Hall–Kier alpha value is -0.860. The van der Waals surface area contributed by atoms with Crippen LogP contribution in [-0.4, -0.2) is 58.8 Å². The Labute approximate surface area is 115 Å². The number of esters is 1. The zero-order valence-electron chi connectivity index (χ0n) is 11.4. The van der Waals surface area contributed by atoms with Crippen molar-refractivity contribution in [1.29, 1.82) is 0 Å². The topological polar surface area (TPSA) is 56.8 Å². The summed E-state index contributed by atoms with van der Waals surface area (Å²) in [5, 5.41) is 2.57. The van der Waals surface area contributed by atoms with Crippen LogP contribution in [0.4, 0.5) is 13.2 Å². The van der Waals surface area contributed by atoms with Crippen molar-refractivity contribution in [3.63, 3.8) is 0 Å². The summed E-state index contributed by atoms with van der Waals surface area (Å²) in [5.41, 5.74) is -2.40. The lowest BCUT2D eigenvalue weighted by atomic mass is 9.86. The van der Waals surface area contributed by atoms with Gasteiger partial charge in [-0.3, -0.25) is 4.79 Å². The van der Waals surface area contributed by atoms with E-state index >= 15 is 0 Å². The molecule has 0 amide bonds. The Morgan fingerprint density at radius 1 is 1.25 bits per heavy atom. The van der Waals surface area contributed by atoms with E-state index < -0.39 is 24.1 Å². The number of carbonyl (C=O) groups is 1. The fourth-order valence-corrected chi connectivity index (χ4v) is 1.93. The molecule has 0 spiro atoms. The molecule has 1 N–H and O–H groups in total. The predicted octanol–water partition coefficient (Wildman–Crippen LogP) is 1.12. The highest BCUT2D eigenvalue weighted by atomic mass is 19.4. The SMILES string of the molecule is COCCOCCCOC(=O)C1(C(F)(F)F)CCNC1. The molecular formula is C12H20F3NO4. The molecule has 1 unspecified atom stereocenters. The van der Waals surface area contributed by atoms with Gasteiger partial charge in [-0.25, -0.2) is 0 Å². The van der Waals surface area contributed by atoms with Crippen molar-refractivity contribution in [3.8, 4) is 0 Å². The second-order valence-electron chi connectivity index (χ2n) is 4.60. The van der Waals surface area contributed by atoms with Crippen molar-refractivity contribution >= 4 is 5.97 Å². The molecule has 0 radical (unpaired) electrons. The molecule has 0 bridgehead atoms. The molecule has 0 aromatic rings. The van der Waals surface area contributed by atoms with E-state index in [0.717, 1.165) is 0 Å². The number of ether oxygens (including phenoxy) is 3. The lowest BCUT2D eigenvalue weighted by Gasteiger charge is -2.28. The quantitative estimate of drug-likeness (QED) is 0.538. The monoisotopic (exact) mass is 299 g/mol. The molecule has 0 aliphatic carbocycles. The zero-order valence-corrected chi connectivity index (χ0v) is 11.4. The molecule has 0 aromatic carbocycles. The molecule has 1 aliphatic heterocycles. The third-order valence-electron chi connectivity index (χ3n) is 3.19. The molecule has 1 aliphatic rings. The predicted molar refractivity (Wildman–Crippen MR) is 64.2 cm³/mol.